The summed E-state index contributed by atoms with van der Waals surface area (Å²) in [6.07, 6.45) is 1.81. The molecule has 0 saturated carbocycles. The maximum Gasteiger partial charge on any atom is 0.262 e. The summed E-state index contributed by atoms with van der Waals surface area (Å²) in [6.45, 7) is 5.33. The highest BCUT2D eigenvalue weighted by Crippen LogP contribution is 2.17. The monoisotopic (exact) mass is 336 g/mol. The third kappa shape index (κ3) is 3.13. The number of aryl methyl sites for hydroxylation is 1. The van der Waals surface area contributed by atoms with Crippen LogP contribution >= 0.6 is 0 Å². The molecule has 6 nitrogen and oxygen atoms in total. The van der Waals surface area contributed by atoms with Crippen molar-refractivity contribution >= 4 is 16.9 Å². The molecule has 6 heteroatoms. The lowest BCUT2D eigenvalue weighted by atomic mass is 10.2. The smallest absolute Gasteiger partial charge is 0.262 e. The molecule has 3 heterocycles. The molecule has 3 aromatic rings. The lowest BCUT2D eigenvalue weighted by Gasteiger charge is -2.27. The first-order chi connectivity index (χ1) is 12.2. The molecular formula is C19H20N4O2. The summed E-state index contributed by atoms with van der Waals surface area (Å²) in [6, 6.07) is 11.9. The fourth-order valence-corrected chi connectivity index (χ4v) is 3.15. The van der Waals surface area contributed by atoms with Crippen molar-refractivity contribution in [2.45, 2.75) is 13.5 Å². The summed E-state index contributed by atoms with van der Waals surface area (Å²) in [5.74, 6) is 0.675. The minimum Gasteiger partial charge on any atom is -0.378 e. The van der Waals surface area contributed by atoms with E-state index >= 15 is 0 Å². The van der Waals surface area contributed by atoms with Gasteiger partial charge in [-0.25, -0.2) is 9.97 Å². The van der Waals surface area contributed by atoms with Gasteiger partial charge in [0.05, 0.1) is 36.4 Å². The van der Waals surface area contributed by atoms with Gasteiger partial charge in [0.15, 0.2) is 0 Å². The highest BCUT2D eigenvalue weighted by molar-refractivity contribution is 5.80. The van der Waals surface area contributed by atoms with Gasteiger partial charge in [-0.3, -0.25) is 4.79 Å². The van der Waals surface area contributed by atoms with Gasteiger partial charge in [-0.15, -0.1) is 0 Å². The SMILES string of the molecule is Cc1nc(N2CCOCC2)nc2ccn(Cc3ccccc3)c(=O)c12. The molecular weight excluding hydrogens is 316 g/mol. The highest BCUT2D eigenvalue weighted by Gasteiger charge is 2.17. The van der Waals surface area contributed by atoms with E-state index in [-0.39, 0.29) is 5.56 Å². The first kappa shape index (κ1) is 15.8. The number of benzene rings is 1. The quantitative estimate of drug-likeness (QED) is 0.732. The number of aromatic nitrogens is 3. The zero-order valence-electron chi connectivity index (χ0n) is 14.2. The van der Waals surface area contributed by atoms with E-state index in [1.807, 2.05) is 49.5 Å². The van der Waals surface area contributed by atoms with Crippen LogP contribution in [0.25, 0.3) is 10.9 Å². The molecule has 2 aromatic heterocycles. The van der Waals surface area contributed by atoms with Crippen molar-refractivity contribution in [3.63, 3.8) is 0 Å². The highest BCUT2D eigenvalue weighted by atomic mass is 16.5. The van der Waals surface area contributed by atoms with Crippen molar-refractivity contribution in [2.75, 3.05) is 31.2 Å². The number of anilines is 1. The van der Waals surface area contributed by atoms with E-state index in [1.165, 1.54) is 0 Å². The Balaban J connectivity index is 1.74. The molecule has 128 valence electrons. The van der Waals surface area contributed by atoms with Crippen LogP contribution in [0.1, 0.15) is 11.3 Å². The van der Waals surface area contributed by atoms with Crippen LogP contribution in [0.5, 0.6) is 0 Å². The van der Waals surface area contributed by atoms with Crippen LogP contribution in [0.15, 0.2) is 47.4 Å². The van der Waals surface area contributed by atoms with Crippen molar-refractivity contribution in [1.29, 1.82) is 0 Å². The van der Waals surface area contributed by atoms with Crippen LogP contribution in [0, 0.1) is 6.92 Å². The zero-order chi connectivity index (χ0) is 17.2. The Bertz CT molecular complexity index is 947. The van der Waals surface area contributed by atoms with Crippen LogP contribution in [0.4, 0.5) is 5.95 Å². The normalized spacial score (nSPS) is 14.8. The Morgan fingerprint density at radius 3 is 2.60 bits per heavy atom. The lowest BCUT2D eigenvalue weighted by Crippen LogP contribution is -2.37. The molecule has 0 aliphatic carbocycles. The molecule has 4 rings (SSSR count). The van der Waals surface area contributed by atoms with E-state index in [9.17, 15) is 4.79 Å². The van der Waals surface area contributed by atoms with Gasteiger partial charge in [0.2, 0.25) is 5.95 Å². The number of hydrogen-bond donors (Lipinski definition) is 0. The summed E-state index contributed by atoms with van der Waals surface area (Å²) in [5.41, 5.74) is 2.46. The van der Waals surface area contributed by atoms with E-state index < -0.39 is 0 Å². The summed E-state index contributed by atoms with van der Waals surface area (Å²) in [5, 5.41) is 0.593. The van der Waals surface area contributed by atoms with Gasteiger partial charge >= 0.3 is 0 Å². The van der Waals surface area contributed by atoms with Gasteiger partial charge in [-0.1, -0.05) is 30.3 Å². The van der Waals surface area contributed by atoms with Gasteiger partial charge in [0.25, 0.3) is 5.56 Å². The maximum atomic E-state index is 12.9. The minimum atomic E-state index is -0.0487. The molecule has 0 unspecified atom stereocenters. The van der Waals surface area contributed by atoms with E-state index in [0.717, 1.165) is 24.3 Å². The topological polar surface area (TPSA) is 60.2 Å². The Morgan fingerprint density at radius 1 is 1.08 bits per heavy atom. The first-order valence-electron chi connectivity index (χ1n) is 8.47. The van der Waals surface area contributed by atoms with Gasteiger partial charge in [-0.2, -0.15) is 0 Å². The molecule has 1 fully saturated rings. The number of rotatable bonds is 3. The molecule has 25 heavy (non-hydrogen) atoms. The maximum absolute atomic E-state index is 12.9. The molecule has 0 radical (unpaired) electrons. The lowest BCUT2D eigenvalue weighted by molar-refractivity contribution is 0.122. The standard InChI is InChI=1S/C19H20N4O2/c1-14-17-16(21-19(20-14)22-9-11-25-12-10-22)7-8-23(18(17)24)13-15-5-3-2-4-6-15/h2-8H,9-13H2,1H3. The number of nitrogens with zero attached hydrogens (tertiary/aromatic N) is 4. The molecule has 1 aliphatic rings. The third-order valence-electron chi connectivity index (χ3n) is 4.48. The number of hydrogen-bond acceptors (Lipinski definition) is 5. The molecule has 0 N–H and O–H groups in total. The van der Waals surface area contributed by atoms with Crippen LogP contribution in [0.3, 0.4) is 0 Å². The molecule has 0 atom stereocenters. The van der Waals surface area contributed by atoms with E-state index in [1.54, 1.807) is 4.57 Å². The van der Waals surface area contributed by atoms with E-state index in [2.05, 4.69) is 14.9 Å². The Hall–Kier alpha value is -2.73. The van der Waals surface area contributed by atoms with Gasteiger partial charge < -0.3 is 14.2 Å². The molecule has 0 spiro atoms. The summed E-state index contributed by atoms with van der Waals surface area (Å²) in [7, 11) is 0. The molecule has 1 aromatic carbocycles. The predicted molar refractivity (Wildman–Crippen MR) is 97.1 cm³/mol. The summed E-state index contributed by atoms with van der Waals surface area (Å²) in [4.78, 5) is 24.2. The summed E-state index contributed by atoms with van der Waals surface area (Å²) < 4.78 is 7.09. The predicted octanol–water partition coefficient (Wildman–Crippen LogP) is 1.98. The van der Waals surface area contributed by atoms with Gasteiger partial charge in [-0.05, 0) is 18.6 Å². The van der Waals surface area contributed by atoms with E-state index in [0.29, 0.717) is 36.6 Å². The van der Waals surface area contributed by atoms with Crippen molar-refractivity contribution < 1.29 is 4.74 Å². The van der Waals surface area contributed by atoms with Gasteiger partial charge in [0.1, 0.15) is 0 Å². The summed E-state index contributed by atoms with van der Waals surface area (Å²) >= 11 is 0. The fourth-order valence-electron chi connectivity index (χ4n) is 3.15. The van der Waals surface area contributed by atoms with Crippen molar-refractivity contribution in [2.24, 2.45) is 0 Å². The zero-order valence-corrected chi connectivity index (χ0v) is 14.2. The number of fused-ring (bicyclic) bond motifs is 1. The number of pyridine rings is 1. The Kier molecular flexibility index (Phi) is 4.19. The molecule has 0 amide bonds. The van der Waals surface area contributed by atoms with Crippen LogP contribution in [-0.4, -0.2) is 40.8 Å². The third-order valence-corrected chi connectivity index (χ3v) is 4.48. The second-order valence-electron chi connectivity index (χ2n) is 6.20. The Morgan fingerprint density at radius 2 is 1.84 bits per heavy atom. The minimum absolute atomic E-state index is 0.0487. The fraction of sp³-hybridized carbons (Fsp3) is 0.316. The second kappa shape index (κ2) is 6.64. The van der Waals surface area contributed by atoms with Gasteiger partial charge in [0, 0.05) is 19.3 Å². The molecule has 1 saturated heterocycles. The Labute approximate surface area is 145 Å². The van der Waals surface area contributed by atoms with Crippen LogP contribution in [-0.2, 0) is 11.3 Å². The number of morpholine rings is 1. The van der Waals surface area contributed by atoms with Crippen molar-refractivity contribution in [3.8, 4) is 0 Å². The molecule has 0 bridgehead atoms. The first-order valence-corrected chi connectivity index (χ1v) is 8.47. The van der Waals surface area contributed by atoms with Crippen molar-refractivity contribution in [3.05, 3.63) is 64.2 Å². The average molecular weight is 336 g/mol. The van der Waals surface area contributed by atoms with Crippen LogP contribution in [0.2, 0.25) is 0 Å². The van der Waals surface area contributed by atoms with Crippen molar-refractivity contribution in [1.82, 2.24) is 14.5 Å². The van der Waals surface area contributed by atoms with Crippen LogP contribution < -0.4 is 10.5 Å². The van der Waals surface area contributed by atoms with E-state index in [4.69, 9.17) is 4.74 Å². The second-order valence-corrected chi connectivity index (χ2v) is 6.20. The number of ether oxygens (including phenoxy) is 1. The largest absolute Gasteiger partial charge is 0.378 e. The average Bonchev–Trinajstić information content (AvgIpc) is 2.65. The molecule has 1 aliphatic heterocycles.